The maximum atomic E-state index is 13.2. The van der Waals surface area contributed by atoms with Gasteiger partial charge in [0, 0.05) is 0 Å². The van der Waals surface area contributed by atoms with Crippen molar-refractivity contribution >= 4 is 53.9 Å². The quantitative estimate of drug-likeness (QED) is 0.420. The molecule has 1 saturated carbocycles. The van der Waals surface area contributed by atoms with Gasteiger partial charge in [0.1, 0.15) is 0 Å². The van der Waals surface area contributed by atoms with Crippen LogP contribution in [-0.4, -0.2) is 53.3 Å². The molecule has 150 valence electrons. The second kappa shape index (κ2) is 8.66. The van der Waals surface area contributed by atoms with E-state index in [1.165, 1.54) is 4.90 Å². The van der Waals surface area contributed by atoms with Gasteiger partial charge in [-0.2, -0.15) is 0 Å². The molecule has 0 unspecified atom stereocenters. The first-order valence-electron chi connectivity index (χ1n) is 9.57. The molecule has 2 heterocycles. The van der Waals surface area contributed by atoms with E-state index >= 15 is 0 Å². The number of fused-ring (bicyclic) bond motifs is 1. The van der Waals surface area contributed by atoms with E-state index in [-0.39, 0.29) is 38.1 Å². The van der Waals surface area contributed by atoms with Crippen LogP contribution in [-0.2, 0) is 4.79 Å². The molecule has 1 aromatic carbocycles. The minimum absolute atomic E-state index is 0.00988. The van der Waals surface area contributed by atoms with Crippen LogP contribution in [0.5, 0.6) is 0 Å². The van der Waals surface area contributed by atoms with Crippen molar-refractivity contribution < 1.29 is 9.59 Å². The summed E-state index contributed by atoms with van der Waals surface area (Å²) < 4.78 is 3.10. The molecule has 0 aliphatic heterocycles. The summed E-state index contributed by atoms with van der Waals surface area (Å²) >= 11 is 6.01. The summed E-state index contributed by atoms with van der Waals surface area (Å²) in [6, 6.07) is 11.9. The van der Waals surface area contributed by atoms with Gasteiger partial charge in [-0.1, -0.05) is 0 Å². The molecule has 2 aromatic heterocycles. The third-order valence-electron chi connectivity index (χ3n) is 5.24. The van der Waals surface area contributed by atoms with Crippen molar-refractivity contribution in [1.29, 1.82) is 0 Å². The molecular formula is C21H21ClN4O2Se. The number of rotatable bonds is 5. The Morgan fingerprint density at radius 1 is 1.24 bits per heavy atom. The third kappa shape index (κ3) is 4.22. The number of carbonyl (C=O) groups excluding carboxylic acids is 2. The second-order valence-corrected chi connectivity index (χ2v) is 9.65. The molecule has 0 N–H and O–H groups in total. The standard InChI is InChI=1S/C21H21ClN4O2Se/c1-25(18(27)13-29-16-9-3-2-4-10-16)20(28)17-11-14-12-23-21(22)24-19(14)26(17)15-7-5-6-8-15/h2-4,9-12,15H,5-8,13H2,1H3. The fourth-order valence-electron chi connectivity index (χ4n) is 3.73. The topological polar surface area (TPSA) is 68.1 Å². The first-order chi connectivity index (χ1) is 14.0. The summed E-state index contributed by atoms with van der Waals surface area (Å²) in [6.07, 6.45) is 5.84. The van der Waals surface area contributed by atoms with Crippen LogP contribution in [0, 0.1) is 0 Å². The number of nitrogens with zero attached hydrogens (tertiary/aromatic N) is 4. The summed E-state index contributed by atoms with van der Waals surface area (Å²) in [6.45, 7) is 0. The Morgan fingerprint density at radius 2 is 1.97 bits per heavy atom. The Morgan fingerprint density at radius 3 is 2.69 bits per heavy atom. The number of benzene rings is 1. The number of aromatic nitrogens is 3. The van der Waals surface area contributed by atoms with Crippen LogP contribution in [0.2, 0.25) is 10.6 Å². The summed E-state index contributed by atoms with van der Waals surface area (Å²) in [5.74, 6) is -0.480. The number of carbonyl (C=O) groups is 2. The normalized spacial score (nSPS) is 14.4. The van der Waals surface area contributed by atoms with Gasteiger partial charge >= 0.3 is 181 Å². The van der Waals surface area contributed by atoms with Crippen molar-refractivity contribution in [1.82, 2.24) is 19.4 Å². The van der Waals surface area contributed by atoms with E-state index in [9.17, 15) is 9.59 Å². The Bertz CT molecular complexity index is 1050. The van der Waals surface area contributed by atoms with Crippen molar-refractivity contribution in [3.63, 3.8) is 0 Å². The fraction of sp³-hybridized carbons (Fsp3) is 0.333. The van der Waals surface area contributed by atoms with E-state index in [2.05, 4.69) is 9.97 Å². The first kappa shape index (κ1) is 20.1. The molecule has 29 heavy (non-hydrogen) atoms. The van der Waals surface area contributed by atoms with E-state index in [1.807, 2.05) is 34.9 Å². The van der Waals surface area contributed by atoms with Crippen LogP contribution in [0.15, 0.2) is 42.6 Å². The third-order valence-corrected chi connectivity index (χ3v) is 7.51. The molecule has 2 amide bonds. The van der Waals surface area contributed by atoms with Gasteiger partial charge in [0.2, 0.25) is 0 Å². The molecule has 0 bridgehead atoms. The Balaban J connectivity index is 1.60. The monoisotopic (exact) mass is 476 g/mol. The average molecular weight is 476 g/mol. The van der Waals surface area contributed by atoms with Gasteiger partial charge in [-0.25, -0.2) is 0 Å². The van der Waals surface area contributed by atoms with Crippen molar-refractivity contribution in [3.8, 4) is 0 Å². The summed E-state index contributed by atoms with van der Waals surface area (Å²) in [5.41, 5.74) is 1.14. The Labute approximate surface area is 180 Å². The molecule has 1 aliphatic rings. The first-order valence-corrected chi connectivity index (χ1v) is 12.0. The van der Waals surface area contributed by atoms with E-state index in [4.69, 9.17) is 11.6 Å². The molecule has 0 atom stereocenters. The second-order valence-electron chi connectivity index (χ2n) is 7.12. The number of hydrogen-bond donors (Lipinski definition) is 0. The Kier molecular flexibility index (Phi) is 5.99. The van der Waals surface area contributed by atoms with E-state index in [0.717, 1.165) is 35.5 Å². The van der Waals surface area contributed by atoms with Gasteiger partial charge in [0.05, 0.1) is 0 Å². The molecular weight excluding hydrogens is 455 g/mol. The summed E-state index contributed by atoms with van der Waals surface area (Å²) in [5, 5.41) is 1.26. The van der Waals surface area contributed by atoms with E-state index in [1.54, 1.807) is 19.3 Å². The van der Waals surface area contributed by atoms with Crippen LogP contribution in [0.3, 0.4) is 0 Å². The molecule has 4 rings (SSSR count). The van der Waals surface area contributed by atoms with Gasteiger partial charge in [-0.3, -0.25) is 0 Å². The molecule has 0 spiro atoms. The van der Waals surface area contributed by atoms with Gasteiger partial charge in [-0.05, 0) is 0 Å². The predicted octanol–water partition coefficient (Wildman–Crippen LogP) is 3.25. The number of hydrogen-bond acceptors (Lipinski definition) is 4. The zero-order valence-electron chi connectivity index (χ0n) is 16.0. The Hall–Kier alpha value is -2.21. The molecule has 6 nitrogen and oxygen atoms in total. The van der Waals surface area contributed by atoms with Crippen molar-refractivity contribution in [2.45, 2.75) is 37.0 Å². The molecule has 1 fully saturated rings. The fourth-order valence-corrected chi connectivity index (χ4v) is 5.60. The van der Waals surface area contributed by atoms with Crippen LogP contribution in [0.1, 0.15) is 42.2 Å². The van der Waals surface area contributed by atoms with Crippen LogP contribution < -0.4 is 4.46 Å². The molecule has 8 heteroatoms. The molecule has 0 saturated heterocycles. The minimum atomic E-state index is -0.306. The number of amides is 2. The van der Waals surface area contributed by atoms with Gasteiger partial charge in [-0.15, -0.1) is 0 Å². The average Bonchev–Trinajstić information content (AvgIpc) is 3.38. The maximum absolute atomic E-state index is 13.2. The van der Waals surface area contributed by atoms with Crippen LogP contribution >= 0.6 is 11.6 Å². The zero-order chi connectivity index (χ0) is 20.4. The predicted molar refractivity (Wildman–Crippen MR) is 114 cm³/mol. The van der Waals surface area contributed by atoms with Gasteiger partial charge in [0.15, 0.2) is 0 Å². The van der Waals surface area contributed by atoms with E-state index in [0.29, 0.717) is 16.7 Å². The summed E-state index contributed by atoms with van der Waals surface area (Å²) in [7, 11) is 1.56. The molecule has 3 aromatic rings. The van der Waals surface area contributed by atoms with Gasteiger partial charge in [0.25, 0.3) is 0 Å². The van der Waals surface area contributed by atoms with Crippen LogP contribution in [0.4, 0.5) is 0 Å². The summed E-state index contributed by atoms with van der Waals surface area (Å²) in [4.78, 5) is 35.6. The number of halogens is 1. The van der Waals surface area contributed by atoms with Crippen molar-refractivity contribution in [2.75, 3.05) is 7.05 Å². The SMILES string of the molecule is CN(C(=O)C[Se]c1ccccc1)C(=O)c1cc2cnc(Cl)nc2n1C1CCCC1. The van der Waals surface area contributed by atoms with E-state index < -0.39 is 0 Å². The van der Waals surface area contributed by atoms with Crippen LogP contribution in [0.25, 0.3) is 11.0 Å². The molecule has 1 aliphatic carbocycles. The van der Waals surface area contributed by atoms with Gasteiger partial charge < -0.3 is 0 Å². The van der Waals surface area contributed by atoms with Crippen molar-refractivity contribution in [3.05, 3.63) is 53.6 Å². The molecule has 0 radical (unpaired) electrons. The number of imide groups is 1. The zero-order valence-corrected chi connectivity index (χ0v) is 18.5. The van der Waals surface area contributed by atoms with Crippen molar-refractivity contribution in [2.24, 2.45) is 0 Å².